The van der Waals surface area contributed by atoms with Gasteiger partial charge in [-0.3, -0.25) is 9.59 Å². The Kier molecular flexibility index (Phi) is 9.61. The molecule has 1 aromatic rings. The van der Waals surface area contributed by atoms with Crippen molar-refractivity contribution in [1.29, 1.82) is 0 Å². The van der Waals surface area contributed by atoms with Gasteiger partial charge in [-0.05, 0) is 31.1 Å². The number of likely N-dealkylation sites (tertiary alicyclic amines) is 1. The first-order valence-electron chi connectivity index (χ1n) is 9.26. The normalized spacial score (nSPS) is 20.4. The van der Waals surface area contributed by atoms with E-state index in [0.29, 0.717) is 13.0 Å². The van der Waals surface area contributed by atoms with E-state index in [2.05, 4.69) is 10.3 Å². The van der Waals surface area contributed by atoms with Crippen molar-refractivity contribution in [3.63, 3.8) is 0 Å². The molecule has 1 aliphatic heterocycles. The lowest BCUT2D eigenvalue weighted by atomic mass is 10.0. The number of hydrogen-bond donors (Lipinski definition) is 1. The van der Waals surface area contributed by atoms with Crippen molar-refractivity contribution in [2.45, 2.75) is 61.3 Å². The van der Waals surface area contributed by atoms with E-state index in [1.165, 1.54) is 11.3 Å². The second-order valence-corrected chi connectivity index (χ2v) is 10.5. The molecule has 0 radical (unpaired) electrons. The fourth-order valence-corrected chi connectivity index (χ4v) is 4.39. The van der Waals surface area contributed by atoms with Gasteiger partial charge in [0.25, 0.3) is 0 Å². The Bertz CT molecular complexity index is 645. The Morgan fingerprint density at radius 2 is 1.93 bits per heavy atom. The van der Waals surface area contributed by atoms with Crippen molar-refractivity contribution in [2.24, 2.45) is 11.8 Å². The zero-order valence-electron chi connectivity index (χ0n) is 15.8. The van der Waals surface area contributed by atoms with Crippen LogP contribution < -0.4 is 5.32 Å². The second-order valence-electron chi connectivity index (χ2n) is 7.24. The summed E-state index contributed by atoms with van der Waals surface area (Å²) in [7, 11) is 0. The Morgan fingerprint density at radius 1 is 1.25 bits per heavy atom. The van der Waals surface area contributed by atoms with Crippen LogP contribution in [0.25, 0.3) is 0 Å². The summed E-state index contributed by atoms with van der Waals surface area (Å²) in [5, 5.41) is 5.67. The number of nitrogens with one attached hydrogen (secondary N) is 1. The van der Waals surface area contributed by atoms with Gasteiger partial charge in [-0.25, -0.2) is 4.98 Å². The van der Waals surface area contributed by atoms with Crippen LogP contribution in [0.4, 0.5) is 0 Å². The quantitative estimate of drug-likeness (QED) is 0.500. The molecular weight excluding hydrogens is 464 g/mol. The first-order valence-corrected chi connectivity index (χ1v) is 11.9. The molecule has 28 heavy (non-hydrogen) atoms. The van der Waals surface area contributed by atoms with Crippen LogP contribution in [0.2, 0.25) is 0 Å². The molecule has 1 aromatic heterocycles. The highest BCUT2D eigenvalue weighted by Crippen LogP contribution is 2.34. The summed E-state index contributed by atoms with van der Waals surface area (Å²) in [5.74, 6) is -0.784. The van der Waals surface area contributed by atoms with Gasteiger partial charge in [0.05, 0.1) is 6.04 Å². The molecule has 0 unspecified atom stereocenters. The fourth-order valence-electron chi connectivity index (χ4n) is 3.22. The van der Waals surface area contributed by atoms with E-state index in [-0.39, 0.29) is 36.1 Å². The van der Waals surface area contributed by atoms with Gasteiger partial charge in [0.15, 0.2) is 0 Å². The molecule has 1 aliphatic rings. The smallest absolute Gasteiger partial charge is 0.245 e. The molecule has 4 atom stereocenters. The molecule has 10 heteroatoms. The topological polar surface area (TPSA) is 62.3 Å². The second kappa shape index (κ2) is 11.2. The highest BCUT2D eigenvalue weighted by molar-refractivity contribution is 7.09. The maximum Gasteiger partial charge on any atom is 0.245 e. The van der Waals surface area contributed by atoms with Crippen LogP contribution in [0.1, 0.15) is 50.6 Å². The summed E-state index contributed by atoms with van der Waals surface area (Å²) < 4.78 is 0. The van der Waals surface area contributed by atoms with Gasteiger partial charge in [-0.2, -0.15) is 0 Å². The Labute approximate surface area is 190 Å². The van der Waals surface area contributed by atoms with Crippen molar-refractivity contribution in [3.8, 4) is 0 Å². The number of halogens is 4. The molecule has 0 saturated carbocycles. The summed E-state index contributed by atoms with van der Waals surface area (Å²) in [6.45, 7) is 4.28. The van der Waals surface area contributed by atoms with Gasteiger partial charge in [-0.1, -0.05) is 13.8 Å². The molecule has 0 bridgehead atoms. The molecule has 1 fully saturated rings. The number of thiazole rings is 1. The minimum atomic E-state index is -0.709. The van der Waals surface area contributed by atoms with E-state index >= 15 is 0 Å². The van der Waals surface area contributed by atoms with Crippen molar-refractivity contribution in [2.75, 3.05) is 6.54 Å². The Morgan fingerprint density at radius 3 is 2.50 bits per heavy atom. The highest BCUT2D eigenvalue weighted by Gasteiger charge is 2.37. The Hall–Kier alpha value is -0.270. The molecule has 2 amide bonds. The molecule has 5 nitrogen and oxygen atoms in total. The largest absolute Gasteiger partial charge is 0.344 e. The first-order chi connectivity index (χ1) is 13.2. The standard InChI is InChI=1S/C18H25Cl4N3O2S/c1-10(15(19)20)8-12(24-14(26)9-11(2)16(21)22)18(27)25-6-3-4-13(25)17-23-5-7-28-17/h5,7,10-13,15-16H,3-4,6,8-9H2,1-2H3,(H,24,26)/t10-,11+,12+,13+/m0/s1. The van der Waals surface area contributed by atoms with Crippen molar-refractivity contribution in [1.82, 2.24) is 15.2 Å². The maximum atomic E-state index is 13.3. The lowest BCUT2D eigenvalue weighted by molar-refractivity contribution is -0.138. The molecule has 2 heterocycles. The van der Waals surface area contributed by atoms with E-state index in [1.54, 1.807) is 13.1 Å². The number of hydrogen-bond acceptors (Lipinski definition) is 4. The SMILES string of the molecule is C[C@H](CC(=O)N[C@H](C[C@H](C)C(Cl)Cl)C(=O)N1CCC[C@@H]1c1nccs1)C(Cl)Cl. The fraction of sp³-hybridized carbons (Fsp3) is 0.722. The van der Waals surface area contributed by atoms with Gasteiger partial charge in [0, 0.05) is 24.5 Å². The van der Waals surface area contributed by atoms with E-state index in [4.69, 9.17) is 46.4 Å². The number of nitrogens with zero attached hydrogens (tertiary/aromatic N) is 2. The number of rotatable bonds is 9. The molecule has 1 saturated heterocycles. The number of aromatic nitrogens is 1. The zero-order chi connectivity index (χ0) is 20.8. The van der Waals surface area contributed by atoms with Crippen LogP contribution in [-0.4, -0.2) is 44.0 Å². The molecule has 1 N–H and O–H groups in total. The van der Waals surface area contributed by atoms with Gasteiger partial charge >= 0.3 is 0 Å². The van der Waals surface area contributed by atoms with Crippen molar-refractivity contribution in [3.05, 3.63) is 16.6 Å². The van der Waals surface area contributed by atoms with Crippen LogP contribution in [0.3, 0.4) is 0 Å². The minimum Gasteiger partial charge on any atom is -0.344 e. The van der Waals surface area contributed by atoms with Crippen molar-refractivity contribution >= 4 is 69.6 Å². The van der Waals surface area contributed by atoms with Crippen LogP contribution in [0, 0.1) is 11.8 Å². The lowest BCUT2D eigenvalue weighted by Gasteiger charge is -2.30. The molecular formula is C18H25Cl4N3O2S. The van der Waals surface area contributed by atoms with Gasteiger partial charge in [-0.15, -0.1) is 57.7 Å². The third kappa shape index (κ3) is 6.63. The maximum absolute atomic E-state index is 13.3. The van der Waals surface area contributed by atoms with Gasteiger partial charge in [0.2, 0.25) is 11.8 Å². The predicted octanol–water partition coefficient (Wildman–Crippen LogP) is 4.95. The van der Waals surface area contributed by atoms with Crippen LogP contribution in [0.15, 0.2) is 11.6 Å². The van der Waals surface area contributed by atoms with Crippen LogP contribution in [-0.2, 0) is 9.59 Å². The third-order valence-corrected chi connectivity index (χ3v) is 7.48. The number of amides is 2. The molecule has 0 spiro atoms. The van der Waals surface area contributed by atoms with E-state index in [1.807, 2.05) is 17.2 Å². The molecule has 0 aliphatic carbocycles. The van der Waals surface area contributed by atoms with Crippen molar-refractivity contribution < 1.29 is 9.59 Å². The monoisotopic (exact) mass is 487 g/mol. The summed E-state index contributed by atoms with van der Waals surface area (Å²) in [5.41, 5.74) is 0. The molecule has 0 aromatic carbocycles. The Balaban J connectivity index is 2.13. The van der Waals surface area contributed by atoms with E-state index in [9.17, 15) is 9.59 Å². The van der Waals surface area contributed by atoms with Gasteiger partial charge in [0.1, 0.15) is 20.7 Å². The highest BCUT2D eigenvalue weighted by atomic mass is 35.5. The summed E-state index contributed by atoms with van der Waals surface area (Å²) >= 11 is 25.2. The predicted molar refractivity (Wildman–Crippen MR) is 116 cm³/mol. The number of alkyl halides is 4. The molecule has 2 rings (SSSR count). The third-order valence-electron chi connectivity index (χ3n) is 4.88. The lowest BCUT2D eigenvalue weighted by Crippen LogP contribution is -2.49. The number of carbonyl (C=O) groups is 2. The summed E-state index contributed by atoms with van der Waals surface area (Å²) in [6.07, 6.45) is 3.99. The van der Waals surface area contributed by atoms with E-state index in [0.717, 1.165) is 17.8 Å². The molecule has 158 valence electrons. The van der Waals surface area contributed by atoms with Crippen LogP contribution >= 0.6 is 57.7 Å². The van der Waals surface area contributed by atoms with Crippen LogP contribution in [0.5, 0.6) is 0 Å². The average Bonchev–Trinajstić information content (AvgIpc) is 3.30. The zero-order valence-corrected chi connectivity index (χ0v) is 19.6. The minimum absolute atomic E-state index is 0.0565. The van der Waals surface area contributed by atoms with E-state index < -0.39 is 15.7 Å². The first kappa shape index (κ1) is 24.0. The van der Waals surface area contributed by atoms with Gasteiger partial charge < -0.3 is 10.2 Å². The average molecular weight is 489 g/mol. The summed E-state index contributed by atoms with van der Waals surface area (Å²) in [4.78, 5) is 30.7. The number of carbonyl (C=O) groups excluding carboxylic acids is 2. The summed E-state index contributed by atoms with van der Waals surface area (Å²) in [6, 6.07) is -0.765.